The Bertz CT molecular complexity index is 779. The lowest BCUT2D eigenvalue weighted by molar-refractivity contribution is -0.387. The fourth-order valence-electron chi connectivity index (χ4n) is 2.39. The van der Waals surface area contributed by atoms with E-state index in [-0.39, 0.29) is 11.6 Å². The number of nitrogens with zero attached hydrogens (tertiary/aromatic N) is 2. The lowest BCUT2D eigenvalue weighted by Gasteiger charge is -2.26. The maximum atomic E-state index is 13.4. The molecule has 0 saturated heterocycles. The highest BCUT2D eigenvalue weighted by Gasteiger charge is 2.24. The van der Waals surface area contributed by atoms with E-state index in [1.54, 1.807) is 13.1 Å². The maximum absolute atomic E-state index is 13.4. The van der Waals surface area contributed by atoms with E-state index in [1.165, 1.54) is 18.1 Å². The Labute approximate surface area is 138 Å². The molecule has 6 nitrogen and oxygen atoms in total. The number of carbonyl (C=O) groups is 1. The molecule has 1 amide bonds. The van der Waals surface area contributed by atoms with Crippen LogP contribution in [-0.4, -0.2) is 29.9 Å². The first-order valence-electron chi connectivity index (χ1n) is 7.20. The molecule has 0 aliphatic carbocycles. The van der Waals surface area contributed by atoms with Gasteiger partial charge in [0, 0.05) is 24.2 Å². The van der Waals surface area contributed by atoms with E-state index in [9.17, 15) is 19.3 Å². The topological polar surface area (TPSA) is 72.7 Å². The minimum absolute atomic E-state index is 0.0485. The average Bonchev–Trinajstić information content (AvgIpc) is 2.59. The molecule has 0 N–H and O–H groups in total. The molecule has 0 aliphatic rings. The second-order valence-corrected chi connectivity index (χ2v) is 5.26. The van der Waals surface area contributed by atoms with Crippen LogP contribution in [0.15, 0.2) is 42.5 Å². The lowest BCUT2D eigenvalue weighted by atomic mass is 10.0. The van der Waals surface area contributed by atoms with E-state index < -0.39 is 22.3 Å². The maximum Gasteiger partial charge on any atom is 0.305 e. The number of rotatable bonds is 5. The number of hydrogen-bond acceptors (Lipinski definition) is 4. The Balaban J connectivity index is 2.32. The summed E-state index contributed by atoms with van der Waals surface area (Å²) in [6.45, 7) is 1.81. The number of para-hydroxylation sites is 1. The van der Waals surface area contributed by atoms with Crippen molar-refractivity contribution in [3.8, 4) is 5.75 Å². The third-order valence-electron chi connectivity index (χ3n) is 3.88. The molecule has 1 atom stereocenters. The van der Waals surface area contributed by atoms with Crippen LogP contribution in [0, 0.1) is 15.9 Å². The Morgan fingerprint density at radius 3 is 2.58 bits per heavy atom. The molecule has 0 aromatic heterocycles. The van der Waals surface area contributed by atoms with E-state index in [0.29, 0.717) is 5.75 Å². The van der Waals surface area contributed by atoms with Gasteiger partial charge in [0.05, 0.1) is 18.1 Å². The second-order valence-electron chi connectivity index (χ2n) is 5.26. The summed E-state index contributed by atoms with van der Waals surface area (Å²) in [4.78, 5) is 24.0. The van der Waals surface area contributed by atoms with Gasteiger partial charge in [-0.25, -0.2) is 0 Å². The van der Waals surface area contributed by atoms with Crippen LogP contribution in [0.5, 0.6) is 5.75 Å². The van der Waals surface area contributed by atoms with Gasteiger partial charge in [0.25, 0.3) is 5.91 Å². The van der Waals surface area contributed by atoms with Crippen molar-refractivity contribution in [2.45, 2.75) is 13.0 Å². The number of hydrogen-bond donors (Lipinski definition) is 0. The molecule has 0 aliphatic heterocycles. The zero-order valence-corrected chi connectivity index (χ0v) is 13.5. The molecule has 0 saturated carbocycles. The van der Waals surface area contributed by atoms with E-state index in [2.05, 4.69) is 0 Å². The van der Waals surface area contributed by atoms with Gasteiger partial charge in [-0.1, -0.05) is 18.2 Å². The van der Waals surface area contributed by atoms with Gasteiger partial charge in [0.15, 0.2) is 0 Å². The molecular weight excluding hydrogens is 315 g/mol. The fourth-order valence-corrected chi connectivity index (χ4v) is 2.39. The molecule has 24 heavy (non-hydrogen) atoms. The van der Waals surface area contributed by atoms with Crippen LogP contribution < -0.4 is 4.74 Å². The smallest absolute Gasteiger partial charge is 0.305 e. The monoisotopic (exact) mass is 332 g/mol. The molecule has 2 aromatic carbocycles. The van der Waals surface area contributed by atoms with E-state index >= 15 is 0 Å². The first kappa shape index (κ1) is 17.4. The normalized spacial score (nSPS) is 11.7. The summed E-state index contributed by atoms with van der Waals surface area (Å²) in [6, 6.07) is 10.0. The Kier molecular flexibility index (Phi) is 5.13. The molecule has 2 aromatic rings. The molecular formula is C17H17FN2O4. The summed E-state index contributed by atoms with van der Waals surface area (Å²) in [7, 11) is 3.12. The quantitative estimate of drug-likeness (QED) is 0.620. The van der Waals surface area contributed by atoms with Crippen molar-refractivity contribution in [2.75, 3.05) is 14.2 Å². The number of carbonyl (C=O) groups excluding carboxylic acids is 1. The van der Waals surface area contributed by atoms with Gasteiger partial charge in [-0.05, 0) is 25.1 Å². The number of methoxy groups -OCH3 is 1. The van der Waals surface area contributed by atoms with Crippen LogP contribution in [0.4, 0.5) is 10.1 Å². The first-order valence-corrected chi connectivity index (χ1v) is 7.20. The fraction of sp³-hybridized carbons (Fsp3) is 0.235. The Morgan fingerprint density at radius 2 is 1.96 bits per heavy atom. The summed E-state index contributed by atoms with van der Waals surface area (Å²) in [5.41, 5.74) is 0.124. The second kappa shape index (κ2) is 7.08. The Hall–Kier alpha value is -2.96. The summed E-state index contributed by atoms with van der Waals surface area (Å²) in [5, 5.41) is 10.8. The van der Waals surface area contributed by atoms with E-state index in [1.807, 2.05) is 25.1 Å². The standard InChI is InChI=1S/C17H17FN2O4/c1-11(13-6-4-5-7-16(13)24-3)19(2)17(21)12-8-9-14(18)15(10-12)20(22)23/h4-11H,1-3H3/t11-/m1/s1. The third kappa shape index (κ3) is 3.34. The first-order chi connectivity index (χ1) is 11.4. The van der Waals surface area contributed by atoms with Crippen molar-refractivity contribution in [1.82, 2.24) is 4.90 Å². The largest absolute Gasteiger partial charge is 0.496 e. The molecule has 0 radical (unpaired) electrons. The minimum Gasteiger partial charge on any atom is -0.496 e. The minimum atomic E-state index is -0.975. The van der Waals surface area contributed by atoms with Crippen LogP contribution >= 0.6 is 0 Å². The van der Waals surface area contributed by atoms with E-state index in [0.717, 1.165) is 17.7 Å². The summed E-state index contributed by atoms with van der Waals surface area (Å²) < 4.78 is 18.7. The molecule has 0 bridgehead atoms. The number of benzene rings is 2. The number of nitro benzene ring substituents is 1. The number of ether oxygens (including phenoxy) is 1. The molecule has 7 heteroatoms. The summed E-state index contributed by atoms with van der Waals surface area (Å²) >= 11 is 0. The van der Waals surface area contributed by atoms with Crippen LogP contribution in [0.3, 0.4) is 0 Å². The van der Waals surface area contributed by atoms with Crippen molar-refractivity contribution in [1.29, 1.82) is 0 Å². The van der Waals surface area contributed by atoms with Gasteiger partial charge in [-0.3, -0.25) is 14.9 Å². The zero-order valence-electron chi connectivity index (χ0n) is 13.5. The molecule has 2 rings (SSSR count). The molecule has 0 heterocycles. The average molecular weight is 332 g/mol. The van der Waals surface area contributed by atoms with Crippen molar-refractivity contribution < 1.29 is 18.8 Å². The molecule has 126 valence electrons. The van der Waals surface area contributed by atoms with Crippen LogP contribution in [0.2, 0.25) is 0 Å². The lowest BCUT2D eigenvalue weighted by Crippen LogP contribution is -2.30. The summed E-state index contributed by atoms with van der Waals surface area (Å²) in [5.74, 6) is -0.789. The van der Waals surface area contributed by atoms with Crippen molar-refractivity contribution >= 4 is 11.6 Å². The number of nitro groups is 1. The third-order valence-corrected chi connectivity index (χ3v) is 3.88. The predicted octanol–water partition coefficient (Wildman–Crippen LogP) is 3.58. The predicted molar refractivity (Wildman–Crippen MR) is 86.6 cm³/mol. The van der Waals surface area contributed by atoms with Crippen molar-refractivity contribution in [3.05, 3.63) is 69.5 Å². The van der Waals surface area contributed by atoms with Gasteiger partial charge in [-0.2, -0.15) is 4.39 Å². The van der Waals surface area contributed by atoms with Crippen LogP contribution in [0.1, 0.15) is 28.9 Å². The number of amides is 1. The van der Waals surface area contributed by atoms with Crippen LogP contribution in [-0.2, 0) is 0 Å². The van der Waals surface area contributed by atoms with Gasteiger partial charge >= 0.3 is 5.69 Å². The van der Waals surface area contributed by atoms with E-state index in [4.69, 9.17) is 4.74 Å². The van der Waals surface area contributed by atoms with Crippen molar-refractivity contribution in [3.63, 3.8) is 0 Å². The van der Waals surface area contributed by atoms with Crippen molar-refractivity contribution in [2.24, 2.45) is 0 Å². The summed E-state index contributed by atoms with van der Waals surface area (Å²) in [6.07, 6.45) is 0. The molecule has 0 spiro atoms. The SMILES string of the molecule is COc1ccccc1[C@@H](C)N(C)C(=O)c1ccc(F)c([N+](=O)[O-])c1. The van der Waals surface area contributed by atoms with Gasteiger partial charge < -0.3 is 9.64 Å². The highest BCUT2D eigenvalue weighted by Crippen LogP contribution is 2.29. The molecule has 0 unspecified atom stereocenters. The zero-order chi connectivity index (χ0) is 17.9. The van der Waals surface area contributed by atoms with Gasteiger partial charge in [-0.15, -0.1) is 0 Å². The van der Waals surface area contributed by atoms with Gasteiger partial charge in [0.1, 0.15) is 5.75 Å². The van der Waals surface area contributed by atoms with Crippen LogP contribution in [0.25, 0.3) is 0 Å². The highest BCUT2D eigenvalue weighted by molar-refractivity contribution is 5.95. The molecule has 0 fully saturated rings. The Morgan fingerprint density at radius 1 is 1.29 bits per heavy atom. The van der Waals surface area contributed by atoms with Gasteiger partial charge in [0.2, 0.25) is 5.82 Å². The number of halogens is 1. The highest BCUT2D eigenvalue weighted by atomic mass is 19.1.